The minimum atomic E-state index is -1.10. The van der Waals surface area contributed by atoms with Crippen molar-refractivity contribution in [3.8, 4) is 0 Å². The number of hydrogen-bond acceptors (Lipinski definition) is 4. The molecule has 0 amide bonds. The van der Waals surface area contributed by atoms with Crippen molar-refractivity contribution in [3.63, 3.8) is 0 Å². The fourth-order valence-electron chi connectivity index (χ4n) is 7.66. The van der Waals surface area contributed by atoms with Crippen LogP contribution in [0.25, 0.3) is 0 Å². The second-order valence-corrected chi connectivity index (χ2v) is 22.5. The van der Waals surface area contributed by atoms with Crippen molar-refractivity contribution in [1.82, 2.24) is 19.9 Å². The van der Waals surface area contributed by atoms with Crippen molar-refractivity contribution in [2.45, 2.75) is 75.5 Å². The first kappa shape index (κ1) is 42.9. The van der Waals surface area contributed by atoms with E-state index in [2.05, 4.69) is 165 Å². The maximum atomic E-state index is 4.71. The van der Waals surface area contributed by atoms with Gasteiger partial charge in [0.15, 0.2) is 0 Å². The van der Waals surface area contributed by atoms with Gasteiger partial charge in [0.1, 0.15) is 17.6 Å². The number of pyridine rings is 4. The molecule has 52 heavy (non-hydrogen) atoms. The van der Waals surface area contributed by atoms with Crippen LogP contribution in [0.3, 0.4) is 0 Å². The molecule has 6 aromatic rings. The molecule has 0 aliphatic carbocycles. The number of hydrogen-bond donors (Lipinski definition) is 0. The van der Waals surface area contributed by atoms with Crippen LogP contribution in [0.4, 0.5) is 0 Å². The van der Waals surface area contributed by atoms with Gasteiger partial charge in [0, 0.05) is 102 Å². The Labute approximate surface area is 336 Å². The second-order valence-electron chi connectivity index (χ2n) is 14.8. The largest absolute Gasteiger partial charge is 0.261 e. The zero-order valence-corrected chi connectivity index (χ0v) is 35.3. The molecule has 4 heterocycles. The third-order valence-electron chi connectivity index (χ3n) is 9.85. The Bertz CT molecular complexity index is 1650. The van der Waals surface area contributed by atoms with Crippen LogP contribution in [0.2, 0.25) is 0 Å². The quantitative estimate of drug-likeness (QED) is 0.130. The fourth-order valence-corrected chi connectivity index (χ4v) is 16.3. The van der Waals surface area contributed by atoms with Gasteiger partial charge < -0.3 is 0 Å². The van der Waals surface area contributed by atoms with Crippen LogP contribution in [0.15, 0.2) is 158 Å². The molecule has 0 aliphatic heterocycles. The average molecular weight is 818 g/mol. The predicted molar refractivity (Wildman–Crippen MR) is 213 cm³/mol. The Hall–Kier alpha value is -3.49. The summed E-state index contributed by atoms with van der Waals surface area (Å²) in [5, 5.41) is 2.64. The summed E-state index contributed by atoms with van der Waals surface area (Å²) in [6, 6.07) is 46.7. The molecule has 4 aromatic heterocycles. The smallest absolute Gasteiger partial charge is 0.110 e. The van der Waals surface area contributed by atoms with Crippen molar-refractivity contribution in [2.24, 2.45) is 0 Å². The number of benzene rings is 2. The van der Waals surface area contributed by atoms with E-state index in [-0.39, 0.29) is 54.3 Å². The molecule has 6 rings (SSSR count). The van der Waals surface area contributed by atoms with Crippen molar-refractivity contribution in [3.05, 3.63) is 181 Å². The van der Waals surface area contributed by atoms with E-state index < -0.39 is 17.6 Å². The molecule has 0 fully saturated rings. The molecule has 276 valence electrons. The van der Waals surface area contributed by atoms with Crippen molar-refractivity contribution < 1.29 is 34.1 Å². The summed E-state index contributed by atoms with van der Waals surface area (Å²) < 4.78 is 0. The Morgan fingerprint density at radius 3 is 0.712 bits per heavy atom. The molecule has 0 saturated heterocycles. The molecule has 0 atom stereocenters. The molecule has 0 bridgehead atoms. The van der Waals surface area contributed by atoms with E-state index in [1.165, 1.54) is 10.4 Å². The number of rotatable bonds is 10. The SMILES string of the molecule is CC(C)(c1ccccn1)[Si](c1ccccc1)C(C)(C)c1ccccn1.CC(C)(c1ccccn1)[Si](c1ccccc1)C(C)(C)c1ccccn1.[Cu].[Cu]. The molecule has 0 spiro atoms. The molecule has 0 saturated carbocycles. The standard InChI is InChI=1S/2C22H25N2Si.2Cu/c2*1-21(2,19-14-8-10-16-23-19)25(18-12-6-5-7-13-18)22(3,4)20-15-9-11-17-24-20;;/h2*5-17H,1-4H3;;. The van der Waals surface area contributed by atoms with Crippen LogP contribution in [0, 0.1) is 0 Å². The van der Waals surface area contributed by atoms with E-state index in [4.69, 9.17) is 19.9 Å². The summed E-state index contributed by atoms with van der Waals surface area (Å²) in [6.07, 6.45) is 7.59. The van der Waals surface area contributed by atoms with Gasteiger partial charge in [0.2, 0.25) is 0 Å². The van der Waals surface area contributed by atoms with Crippen LogP contribution in [-0.2, 0) is 54.3 Å². The Morgan fingerprint density at radius 1 is 0.308 bits per heavy atom. The van der Waals surface area contributed by atoms with E-state index in [0.29, 0.717) is 0 Å². The summed E-state index contributed by atoms with van der Waals surface area (Å²) in [7, 11) is -2.21. The zero-order chi connectivity index (χ0) is 35.8. The average Bonchev–Trinajstić information content (AvgIpc) is 3.14. The first-order valence-electron chi connectivity index (χ1n) is 17.4. The van der Waals surface area contributed by atoms with E-state index >= 15 is 0 Å². The molecule has 2 aromatic carbocycles. The van der Waals surface area contributed by atoms with Crippen LogP contribution in [-0.4, -0.2) is 37.5 Å². The van der Waals surface area contributed by atoms with Gasteiger partial charge in [-0.2, -0.15) is 0 Å². The normalized spacial score (nSPS) is 11.9. The van der Waals surface area contributed by atoms with Gasteiger partial charge in [-0.1, -0.05) is 151 Å². The van der Waals surface area contributed by atoms with Gasteiger partial charge >= 0.3 is 0 Å². The third kappa shape index (κ3) is 9.54. The van der Waals surface area contributed by atoms with Gasteiger partial charge in [-0.25, -0.2) is 0 Å². The van der Waals surface area contributed by atoms with Crippen LogP contribution >= 0.6 is 0 Å². The minimum absolute atomic E-state index is 0. The third-order valence-corrected chi connectivity index (χ3v) is 17.7. The zero-order valence-electron chi connectivity index (χ0n) is 31.4. The van der Waals surface area contributed by atoms with Crippen LogP contribution in [0.5, 0.6) is 0 Å². The molecule has 0 aliphatic rings. The Morgan fingerprint density at radius 2 is 0.519 bits per heavy atom. The van der Waals surface area contributed by atoms with Crippen LogP contribution < -0.4 is 10.4 Å². The van der Waals surface area contributed by atoms with Crippen molar-refractivity contribution in [2.75, 3.05) is 0 Å². The van der Waals surface area contributed by atoms with Crippen LogP contribution in [0.1, 0.15) is 78.2 Å². The molecule has 8 heteroatoms. The summed E-state index contributed by atoms with van der Waals surface area (Å²) in [5.41, 5.74) is 4.60. The number of nitrogens with zero attached hydrogens (tertiary/aromatic N) is 4. The summed E-state index contributed by atoms with van der Waals surface area (Å²) in [4.78, 5) is 18.8. The van der Waals surface area contributed by atoms with Crippen molar-refractivity contribution in [1.29, 1.82) is 0 Å². The number of aromatic nitrogens is 4. The maximum Gasteiger partial charge on any atom is 0.110 e. The summed E-state index contributed by atoms with van der Waals surface area (Å²) >= 11 is 0. The second kappa shape index (κ2) is 18.5. The Balaban J connectivity index is 0.000000270. The molecular weight excluding hydrogens is 768 g/mol. The van der Waals surface area contributed by atoms with E-state index in [1.54, 1.807) is 0 Å². The molecule has 4 nitrogen and oxygen atoms in total. The topological polar surface area (TPSA) is 51.6 Å². The van der Waals surface area contributed by atoms with E-state index in [9.17, 15) is 0 Å². The van der Waals surface area contributed by atoms with Gasteiger partial charge in [0.05, 0.1) is 0 Å². The fraction of sp³-hybridized carbons (Fsp3) is 0.273. The Kier molecular flexibility index (Phi) is 15.3. The van der Waals surface area contributed by atoms with Crippen molar-refractivity contribution >= 4 is 28.0 Å². The molecular formula is C44H50Cu2N4Si2. The monoisotopic (exact) mass is 816 g/mol. The molecule has 4 radical (unpaired) electrons. The first-order chi connectivity index (χ1) is 23.9. The van der Waals surface area contributed by atoms with E-state index in [0.717, 1.165) is 22.8 Å². The van der Waals surface area contributed by atoms with E-state index in [1.807, 2.05) is 49.1 Å². The summed E-state index contributed by atoms with van der Waals surface area (Å²) in [5.74, 6) is 0. The maximum absolute atomic E-state index is 4.71. The van der Waals surface area contributed by atoms with Gasteiger partial charge in [-0.3, -0.25) is 19.9 Å². The predicted octanol–water partition coefficient (Wildman–Crippen LogP) is 8.42. The molecule has 0 unspecified atom stereocenters. The first-order valence-corrected chi connectivity index (χ1v) is 20.4. The van der Waals surface area contributed by atoms with Gasteiger partial charge in [0.25, 0.3) is 0 Å². The van der Waals surface area contributed by atoms with Gasteiger partial charge in [-0.05, 0) is 48.5 Å². The minimum Gasteiger partial charge on any atom is -0.261 e. The molecule has 0 N–H and O–H groups in total. The summed E-state index contributed by atoms with van der Waals surface area (Å²) in [6.45, 7) is 18.7. The van der Waals surface area contributed by atoms with Gasteiger partial charge in [-0.15, -0.1) is 0 Å².